The Kier molecular flexibility index (Phi) is 161. The van der Waals surface area contributed by atoms with Crippen LogP contribution in [0.15, 0.2) is 13.2 Å². The van der Waals surface area contributed by atoms with Crippen molar-refractivity contribution in [3.63, 3.8) is 0 Å². The average Bonchev–Trinajstić information content (AvgIpc) is 2.64. The molecular weight excluding hydrogens is 288 g/mol. The van der Waals surface area contributed by atoms with Crippen LogP contribution in [-0.2, 0) is 0 Å². The average molecular weight is 351 g/mol. The van der Waals surface area contributed by atoms with Gasteiger partial charge in [0.25, 0.3) is 0 Å². The van der Waals surface area contributed by atoms with E-state index in [1.807, 2.05) is 55.4 Å². The van der Waals surface area contributed by atoms with Crippen LogP contribution in [-0.4, -0.2) is 0 Å². The molecule has 0 spiro atoms. The molecule has 0 saturated heterocycles. The van der Waals surface area contributed by atoms with E-state index in [1.54, 1.807) is 0 Å². The molecule has 0 aliphatic heterocycles. The van der Waals surface area contributed by atoms with E-state index in [9.17, 15) is 0 Å². The first-order chi connectivity index (χ1) is 11.3. The van der Waals surface area contributed by atoms with E-state index in [-0.39, 0.29) is 0 Å². The lowest BCUT2D eigenvalue weighted by atomic mass is 9.88. The second-order valence-corrected chi connectivity index (χ2v) is 5.31. The van der Waals surface area contributed by atoms with Gasteiger partial charge in [0, 0.05) is 0 Å². The molecule has 0 rings (SSSR count). The van der Waals surface area contributed by atoms with Gasteiger partial charge in [0.15, 0.2) is 0 Å². The molecule has 0 heterocycles. The lowest BCUT2D eigenvalue weighted by Gasteiger charge is -2.18. The predicted molar refractivity (Wildman–Crippen MR) is 127 cm³/mol. The Balaban J connectivity index is -0.0000000220. The van der Waals surface area contributed by atoms with E-state index in [1.165, 1.54) is 19.3 Å². The Morgan fingerprint density at radius 3 is 0.667 bits per heavy atom. The van der Waals surface area contributed by atoms with Gasteiger partial charge in [-0.25, -0.2) is 0 Å². The summed E-state index contributed by atoms with van der Waals surface area (Å²) < 4.78 is 0. The first-order valence-electron chi connectivity index (χ1n) is 10.8. The van der Waals surface area contributed by atoms with Gasteiger partial charge in [-0.1, -0.05) is 137 Å². The van der Waals surface area contributed by atoms with Crippen molar-refractivity contribution in [1.82, 2.24) is 0 Å². The van der Waals surface area contributed by atoms with E-state index in [4.69, 9.17) is 0 Å². The van der Waals surface area contributed by atoms with Crippen molar-refractivity contribution >= 4 is 0 Å². The van der Waals surface area contributed by atoms with Gasteiger partial charge in [0.05, 0.1) is 0 Å². The maximum Gasteiger partial charge on any atom is -0.0359 e. The van der Waals surface area contributed by atoms with Gasteiger partial charge in [-0.05, 0) is 11.3 Å². The largest absolute Gasteiger partial charge is 0.106 e. The molecule has 0 atom stereocenters. The van der Waals surface area contributed by atoms with Crippen LogP contribution in [0.25, 0.3) is 0 Å². The SMILES string of the molecule is C=C.CC.CC.CC.CC.CC(C)C.CCC.CCC(C)(C)CC. The molecule has 0 N–H and O–H groups in total. The Labute approximate surface area is 161 Å². The summed E-state index contributed by atoms with van der Waals surface area (Å²) >= 11 is 0. The van der Waals surface area contributed by atoms with Gasteiger partial charge in [-0.3, -0.25) is 0 Å². The molecule has 0 heteroatoms. The molecule has 0 aromatic heterocycles. The van der Waals surface area contributed by atoms with E-state index in [0.29, 0.717) is 5.41 Å². The van der Waals surface area contributed by atoms with Gasteiger partial charge in [0.1, 0.15) is 0 Å². The van der Waals surface area contributed by atoms with Crippen LogP contribution in [0.2, 0.25) is 0 Å². The summed E-state index contributed by atoms with van der Waals surface area (Å²) in [6, 6.07) is 0. The molecule has 0 aromatic carbocycles. The van der Waals surface area contributed by atoms with E-state index in [2.05, 4.69) is 75.5 Å². The fourth-order valence-corrected chi connectivity index (χ4v) is 0.250. The zero-order chi connectivity index (χ0) is 22.2. The van der Waals surface area contributed by atoms with Gasteiger partial charge in [-0.15, -0.1) is 13.2 Å². The highest BCUT2D eigenvalue weighted by atomic mass is 14.1. The van der Waals surface area contributed by atoms with Gasteiger partial charge < -0.3 is 0 Å². The minimum Gasteiger partial charge on any atom is -0.106 e. The summed E-state index contributed by atoms with van der Waals surface area (Å²) in [5, 5.41) is 0. The third kappa shape index (κ3) is 284. The number of hydrogen-bond donors (Lipinski definition) is 0. The molecule has 0 bridgehead atoms. The number of rotatable bonds is 2. The fraction of sp³-hybridized carbons (Fsp3) is 0.917. The molecule has 0 aliphatic rings. The standard InChI is InChI=1S/C7H16.C4H10.C3H8.4C2H6.C2H4/c1-5-7(3,4)6-2;1-4(2)3;1-3-2;5*1-2/h5-6H2,1-4H3;4H,1-3H3;3H2,1-2H3;4*1-2H3;1-2H2. The first-order valence-corrected chi connectivity index (χ1v) is 10.8. The highest BCUT2D eigenvalue weighted by Crippen LogP contribution is 2.22. The molecule has 158 valence electrons. The maximum atomic E-state index is 3.00. The van der Waals surface area contributed by atoms with Crippen molar-refractivity contribution in [2.45, 2.75) is 137 Å². The second-order valence-electron chi connectivity index (χ2n) is 5.31. The van der Waals surface area contributed by atoms with E-state index < -0.39 is 0 Å². The van der Waals surface area contributed by atoms with E-state index in [0.717, 1.165) is 5.92 Å². The summed E-state index contributed by atoms with van der Waals surface area (Å²) in [7, 11) is 0. The van der Waals surface area contributed by atoms with Gasteiger partial charge in [0.2, 0.25) is 0 Å². The number of hydrogen-bond acceptors (Lipinski definition) is 0. The monoisotopic (exact) mass is 350 g/mol. The van der Waals surface area contributed by atoms with Crippen LogP contribution in [0, 0.1) is 11.3 Å². The van der Waals surface area contributed by atoms with Crippen LogP contribution < -0.4 is 0 Å². The Morgan fingerprint density at radius 2 is 0.667 bits per heavy atom. The molecule has 0 fully saturated rings. The molecule has 0 nitrogen and oxygen atoms in total. The van der Waals surface area contributed by atoms with Crippen LogP contribution in [0.5, 0.6) is 0 Å². The molecule has 0 radical (unpaired) electrons. The van der Waals surface area contributed by atoms with Crippen molar-refractivity contribution < 1.29 is 0 Å². The molecule has 0 aliphatic carbocycles. The third-order valence-corrected chi connectivity index (χ3v) is 1.91. The maximum absolute atomic E-state index is 3.00. The van der Waals surface area contributed by atoms with Gasteiger partial charge in [-0.2, -0.15) is 0 Å². The molecule has 0 amide bonds. The minimum absolute atomic E-state index is 0.583. The van der Waals surface area contributed by atoms with Crippen LogP contribution in [0.1, 0.15) is 137 Å². The predicted octanol–water partition coefficient (Wildman–Crippen LogP) is 10.8. The highest BCUT2D eigenvalue weighted by molar-refractivity contribution is 4.61. The van der Waals surface area contributed by atoms with Crippen molar-refractivity contribution in [2.24, 2.45) is 11.3 Å². The fourth-order valence-electron chi connectivity index (χ4n) is 0.250. The van der Waals surface area contributed by atoms with Gasteiger partial charge >= 0.3 is 0 Å². The minimum atomic E-state index is 0.583. The van der Waals surface area contributed by atoms with Crippen molar-refractivity contribution in [1.29, 1.82) is 0 Å². The Hall–Kier alpha value is -0.260. The molecule has 0 saturated carbocycles. The molecule has 0 aromatic rings. The summed E-state index contributed by atoms with van der Waals surface area (Å²) in [4.78, 5) is 0. The zero-order valence-corrected chi connectivity index (χ0v) is 21.6. The first kappa shape index (κ1) is 49.6. The summed E-state index contributed by atoms with van der Waals surface area (Å²) in [5.41, 5.74) is 0.583. The Bertz CT molecular complexity index is 81.5. The smallest absolute Gasteiger partial charge is 0.0359 e. The lowest BCUT2D eigenvalue weighted by molar-refractivity contribution is 0.338. The summed E-state index contributed by atoms with van der Waals surface area (Å²) in [6.45, 7) is 41.8. The molecular formula is C24H62. The van der Waals surface area contributed by atoms with Crippen LogP contribution in [0.3, 0.4) is 0 Å². The Morgan fingerprint density at radius 1 is 0.583 bits per heavy atom. The summed E-state index contributed by atoms with van der Waals surface area (Å²) in [5.74, 6) is 0.833. The van der Waals surface area contributed by atoms with Crippen LogP contribution in [0.4, 0.5) is 0 Å². The van der Waals surface area contributed by atoms with Crippen molar-refractivity contribution in [3.8, 4) is 0 Å². The summed E-state index contributed by atoms with van der Waals surface area (Å²) in [6.07, 6.45) is 3.84. The third-order valence-electron chi connectivity index (χ3n) is 1.91. The quantitative estimate of drug-likeness (QED) is 0.434. The normalized spacial score (nSPS) is 6.92. The second kappa shape index (κ2) is 78.0. The lowest BCUT2D eigenvalue weighted by Crippen LogP contribution is -2.05. The molecule has 0 unspecified atom stereocenters. The van der Waals surface area contributed by atoms with E-state index >= 15 is 0 Å². The van der Waals surface area contributed by atoms with Crippen molar-refractivity contribution in [2.75, 3.05) is 0 Å². The van der Waals surface area contributed by atoms with Crippen LogP contribution >= 0.6 is 0 Å². The molecule has 24 heavy (non-hydrogen) atoms. The highest BCUT2D eigenvalue weighted by Gasteiger charge is 2.09. The topological polar surface area (TPSA) is 0 Å². The zero-order valence-electron chi connectivity index (χ0n) is 21.6. The van der Waals surface area contributed by atoms with Crippen molar-refractivity contribution in [3.05, 3.63) is 13.2 Å².